The smallest absolute Gasteiger partial charge is 0.0573 e. The first-order valence-electron chi connectivity index (χ1n) is 7.07. The molecule has 1 heterocycles. The van der Waals surface area contributed by atoms with E-state index in [-0.39, 0.29) is 5.54 Å². The lowest BCUT2D eigenvalue weighted by atomic mass is 9.94. The molecule has 0 unspecified atom stereocenters. The molecule has 2 N–H and O–H groups in total. The average Bonchev–Trinajstić information content (AvgIpc) is 2.88. The molecule has 3 heteroatoms. The topological polar surface area (TPSA) is 42.2 Å². The first kappa shape index (κ1) is 13.5. The molecule has 0 bridgehead atoms. The quantitative estimate of drug-likeness (QED) is 0.869. The highest BCUT2D eigenvalue weighted by atomic mass is 15.2. The summed E-state index contributed by atoms with van der Waals surface area (Å²) in [7, 11) is 0. The van der Waals surface area contributed by atoms with Crippen LogP contribution in [0.1, 0.15) is 43.9 Å². The summed E-state index contributed by atoms with van der Waals surface area (Å²) in [5.41, 5.74) is 8.77. The van der Waals surface area contributed by atoms with Gasteiger partial charge < -0.3 is 5.73 Å². The number of nitrogens with zero attached hydrogens (tertiary/aromatic N) is 2. The van der Waals surface area contributed by atoms with Crippen LogP contribution in [0, 0.1) is 6.92 Å². The van der Waals surface area contributed by atoms with E-state index in [9.17, 15) is 0 Å². The largest absolute Gasteiger partial charge is 0.329 e. The van der Waals surface area contributed by atoms with Crippen molar-refractivity contribution in [2.24, 2.45) is 5.73 Å². The summed E-state index contributed by atoms with van der Waals surface area (Å²) in [6.07, 6.45) is 7.00. The Labute approximate surface area is 110 Å². The lowest BCUT2D eigenvalue weighted by Gasteiger charge is -2.40. The van der Waals surface area contributed by atoms with Crippen molar-refractivity contribution in [3.63, 3.8) is 0 Å². The van der Waals surface area contributed by atoms with E-state index >= 15 is 0 Å². The molecule has 1 fully saturated rings. The molecule has 3 nitrogen and oxygen atoms in total. The number of pyridine rings is 1. The summed E-state index contributed by atoms with van der Waals surface area (Å²) in [4.78, 5) is 7.06. The van der Waals surface area contributed by atoms with Gasteiger partial charge in [-0.25, -0.2) is 0 Å². The van der Waals surface area contributed by atoms with Crippen LogP contribution >= 0.6 is 0 Å². The van der Waals surface area contributed by atoms with Crippen LogP contribution in [0.25, 0.3) is 0 Å². The summed E-state index contributed by atoms with van der Waals surface area (Å²) in [6.45, 7) is 7.12. The maximum atomic E-state index is 6.07. The number of likely N-dealkylation sites (N-methyl/N-ethyl adjacent to an activating group) is 1. The average molecular weight is 247 g/mol. The molecular weight excluding hydrogens is 222 g/mol. The Morgan fingerprint density at radius 2 is 2.11 bits per heavy atom. The molecule has 0 aromatic carbocycles. The fraction of sp³-hybridized carbons (Fsp3) is 0.667. The van der Waals surface area contributed by atoms with E-state index in [2.05, 4.69) is 29.8 Å². The van der Waals surface area contributed by atoms with Crippen LogP contribution in [-0.2, 0) is 6.54 Å². The van der Waals surface area contributed by atoms with Crippen molar-refractivity contribution >= 4 is 0 Å². The number of hydrogen-bond acceptors (Lipinski definition) is 3. The molecule has 1 aliphatic carbocycles. The zero-order valence-electron chi connectivity index (χ0n) is 11.7. The number of rotatable bonds is 5. The minimum absolute atomic E-state index is 0.221. The lowest BCUT2D eigenvalue weighted by Crippen LogP contribution is -2.51. The molecular formula is C15H25N3. The molecule has 18 heavy (non-hydrogen) atoms. The predicted octanol–water partition coefficient (Wildman–Crippen LogP) is 2.48. The molecule has 0 amide bonds. The van der Waals surface area contributed by atoms with Crippen molar-refractivity contribution in [1.82, 2.24) is 9.88 Å². The molecule has 1 aliphatic rings. The summed E-state index contributed by atoms with van der Waals surface area (Å²) in [5, 5.41) is 0. The standard InChI is InChI=1S/C15H25N3/c1-3-18(15(12-16)8-4-5-9-15)11-14-13(2)7-6-10-17-14/h6-7,10H,3-5,8-9,11-12,16H2,1-2H3. The highest BCUT2D eigenvalue weighted by molar-refractivity contribution is 5.18. The number of aromatic nitrogens is 1. The summed E-state index contributed by atoms with van der Waals surface area (Å²) in [5.74, 6) is 0. The number of aryl methyl sites for hydroxylation is 1. The van der Waals surface area contributed by atoms with Crippen LogP contribution in [0.2, 0.25) is 0 Å². The summed E-state index contributed by atoms with van der Waals surface area (Å²) < 4.78 is 0. The van der Waals surface area contributed by atoms with Gasteiger partial charge in [0, 0.05) is 24.8 Å². The molecule has 0 atom stereocenters. The van der Waals surface area contributed by atoms with Crippen LogP contribution in [0.15, 0.2) is 18.3 Å². The van der Waals surface area contributed by atoms with Gasteiger partial charge in [0.25, 0.3) is 0 Å². The molecule has 1 aromatic rings. The van der Waals surface area contributed by atoms with Gasteiger partial charge in [-0.2, -0.15) is 0 Å². The van der Waals surface area contributed by atoms with Gasteiger partial charge in [-0.05, 0) is 37.9 Å². The molecule has 1 saturated carbocycles. The second-order valence-electron chi connectivity index (χ2n) is 5.42. The van der Waals surface area contributed by atoms with Gasteiger partial charge in [0.2, 0.25) is 0 Å². The van der Waals surface area contributed by atoms with Gasteiger partial charge in [0.05, 0.1) is 5.69 Å². The van der Waals surface area contributed by atoms with Crippen LogP contribution in [-0.4, -0.2) is 28.5 Å². The maximum absolute atomic E-state index is 6.07. The zero-order chi connectivity index (χ0) is 13.0. The van der Waals surface area contributed by atoms with Crippen molar-refractivity contribution in [2.75, 3.05) is 13.1 Å². The van der Waals surface area contributed by atoms with E-state index in [0.29, 0.717) is 0 Å². The molecule has 1 aromatic heterocycles. The SMILES string of the molecule is CCN(Cc1ncccc1C)C1(CN)CCCC1. The third-order valence-corrected chi connectivity index (χ3v) is 4.43. The van der Waals surface area contributed by atoms with Gasteiger partial charge in [-0.15, -0.1) is 0 Å². The Balaban J connectivity index is 2.16. The van der Waals surface area contributed by atoms with Crippen molar-refractivity contribution < 1.29 is 0 Å². The third-order valence-electron chi connectivity index (χ3n) is 4.43. The Kier molecular flexibility index (Phi) is 4.36. The summed E-state index contributed by atoms with van der Waals surface area (Å²) >= 11 is 0. The number of hydrogen-bond donors (Lipinski definition) is 1. The van der Waals surface area contributed by atoms with Gasteiger partial charge >= 0.3 is 0 Å². The van der Waals surface area contributed by atoms with E-state index in [0.717, 1.165) is 19.6 Å². The monoisotopic (exact) mass is 247 g/mol. The first-order valence-corrected chi connectivity index (χ1v) is 7.07. The van der Waals surface area contributed by atoms with Crippen LogP contribution in [0.3, 0.4) is 0 Å². The second-order valence-corrected chi connectivity index (χ2v) is 5.42. The Hall–Kier alpha value is -0.930. The minimum atomic E-state index is 0.221. The Bertz CT molecular complexity index is 383. The van der Waals surface area contributed by atoms with E-state index in [1.807, 2.05) is 12.3 Å². The van der Waals surface area contributed by atoms with Crippen LogP contribution in [0.5, 0.6) is 0 Å². The normalized spacial score (nSPS) is 18.4. The summed E-state index contributed by atoms with van der Waals surface area (Å²) in [6, 6.07) is 4.14. The van der Waals surface area contributed by atoms with Gasteiger partial charge in [-0.3, -0.25) is 9.88 Å². The highest BCUT2D eigenvalue weighted by Gasteiger charge is 2.37. The lowest BCUT2D eigenvalue weighted by molar-refractivity contribution is 0.0954. The second kappa shape index (κ2) is 5.81. The zero-order valence-corrected chi connectivity index (χ0v) is 11.7. The van der Waals surface area contributed by atoms with Gasteiger partial charge in [-0.1, -0.05) is 25.8 Å². The molecule has 0 aliphatic heterocycles. The van der Waals surface area contributed by atoms with E-state index in [1.54, 1.807) is 0 Å². The Morgan fingerprint density at radius 3 is 2.67 bits per heavy atom. The van der Waals surface area contributed by atoms with Crippen molar-refractivity contribution in [3.05, 3.63) is 29.6 Å². The highest BCUT2D eigenvalue weighted by Crippen LogP contribution is 2.35. The third kappa shape index (κ3) is 2.57. The first-order chi connectivity index (χ1) is 8.72. The van der Waals surface area contributed by atoms with Crippen molar-refractivity contribution in [1.29, 1.82) is 0 Å². The fourth-order valence-corrected chi connectivity index (χ4v) is 3.16. The van der Waals surface area contributed by atoms with E-state index in [1.165, 1.54) is 36.9 Å². The molecule has 0 radical (unpaired) electrons. The molecule has 2 rings (SSSR count). The minimum Gasteiger partial charge on any atom is -0.329 e. The van der Waals surface area contributed by atoms with Crippen LogP contribution in [0.4, 0.5) is 0 Å². The molecule has 0 saturated heterocycles. The van der Waals surface area contributed by atoms with Gasteiger partial charge in [0.15, 0.2) is 0 Å². The fourth-order valence-electron chi connectivity index (χ4n) is 3.16. The van der Waals surface area contributed by atoms with Crippen LogP contribution < -0.4 is 5.73 Å². The Morgan fingerprint density at radius 1 is 1.39 bits per heavy atom. The molecule has 100 valence electrons. The van der Waals surface area contributed by atoms with E-state index < -0.39 is 0 Å². The number of nitrogens with two attached hydrogens (primary N) is 1. The van der Waals surface area contributed by atoms with Crippen molar-refractivity contribution in [3.8, 4) is 0 Å². The van der Waals surface area contributed by atoms with E-state index in [4.69, 9.17) is 5.73 Å². The maximum Gasteiger partial charge on any atom is 0.0573 e. The molecule has 0 spiro atoms. The predicted molar refractivity (Wildman–Crippen MR) is 75.3 cm³/mol. The van der Waals surface area contributed by atoms with Crippen molar-refractivity contribution in [2.45, 2.75) is 51.6 Å². The van der Waals surface area contributed by atoms with Gasteiger partial charge in [0.1, 0.15) is 0 Å².